The van der Waals surface area contributed by atoms with E-state index in [1.54, 1.807) is 0 Å². The number of nitrogens with two attached hydrogens (primary N) is 1. The third-order valence-corrected chi connectivity index (χ3v) is 1.43. The van der Waals surface area contributed by atoms with Gasteiger partial charge in [0.15, 0.2) is 0 Å². The molecular formula is C8H17N5O. The zero-order chi connectivity index (χ0) is 10.8. The Morgan fingerprint density at radius 2 is 2.14 bits per heavy atom. The van der Waals surface area contributed by atoms with Crippen LogP contribution in [0.4, 0.5) is 0 Å². The van der Waals surface area contributed by atoms with Gasteiger partial charge in [0, 0.05) is 6.54 Å². The van der Waals surface area contributed by atoms with Gasteiger partial charge in [0.2, 0.25) is 5.96 Å². The van der Waals surface area contributed by atoms with Gasteiger partial charge in [0.25, 0.3) is 5.91 Å². The fourth-order valence-electron chi connectivity index (χ4n) is 0.702. The van der Waals surface area contributed by atoms with Gasteiger partial charge in [0.1, 0.15) is 0 Å². The Morgan fingerprint density at radius 3 is 2.71 bits per heavy atom. The lowest BCUT2D eigenvalue weighted by molar-refractivity contribution is -0.117. The van der Waals surface area contributed by atoms with Crippen molar-refractivity contribution >= 4 is 11.9 Å². The third kappa shape index (κ3) is 7.11. The van der Waals surface area contributed by atoms with E-state index in [0.29, 0.717) is 13.1 Å². The summed E-state index contributed by atoms with van der Waals surface area (Å²) in [6.07, 6.45) is 2.93. The highest BCUT2D eigenvalue weighted by atomic mass is 16.2. The number of nitrogens with one attached hydrogen (secondary N) is 4. The van der Waals surface area contributed by atoms with E-state index in [2.05, 4.69) is 22.7 Å². The van der Waals surface area contributed by atoms with Gasteiger partial charge in [-0.25, -0.2) is 0 Å². The predicted molar refractivity (Wildman–Crippen MR) is 55.5 cm³/mol. The summed E-state index contributed by atoms with van der Waals surface area (Å²) < 4.78 is 0. The molecule has 0 saturated heterocycles. The maximum absolute atomic E-state index is 10.7. The van der Waals surface area contributed by atoms with E-state index < -0.39 is 0 Å². The second kappa shape index (κ2) is 8.06. The topological polar surface area (TPSA) is 103 Å². The number of rotatable bonds is 5. The summed E-state index contributed by atoms with van der Waals surface area (Å²) in [4.78, 5) is 10.7. The Bertz CT molecular complexity index is 204. The molecule has 6 nitrogen and oxygen atoms in total. The van der Waals surface area contributed by atoms with Crippen molar-refractivity contribution in [2.75, 3.05) is 13.1 Å². The minimum atomic E-state index is -0.376. The Balaban J connectivity index is 3.37. The van der Waals surface area contributed by atoms with E-state index in [1.807, 2.05) is 0 Å². The SMILES string of the molecule is C=CC(=O)NNC(=N)NCCCCN. The molecule has 0 radical (unpaired) electrons. The first-order chi connectivity index (χ1) is 6.70. The van der Waals surface area contributed by atoms with E-state index in [0.717, 1.165) is 18.9 Å². The van der Waals surface area contributed by atoms with E-state index >= 15 is 0 Å². The standard InChI is InChI=1S/C8H17N5O/c1-2-7(14)12-13-8(10)11-6-4-3-5-9/h2H,1,3-6,9H2,(H,12,14)(H3,10,11,13). The molecule has 0 aliphatic heterocycles. The number of unbranched alkanes of at least 4 members (excludes halogenated alkanes) is 1. The van der Waals surface area contributed by atoms with Gasteiger partial charge in [0.05, 0.1) is 0 Å². The number of guanidine groups is 1. The van der Waals surface area contributed by atoms with Crippen LogP contribution in [0.25, 0.3) is 0 Å². The van der Waals surface area contributed by atoms with Crippen LogP contribution in [0.15, 0.2) is 12.7 Å². The van der Waals surface area contributed by atoms with Crippen molar-refractivity contribution in [1.82, 2.24) is 16.2 Å². The van der Waals surface area contributed by atoms with E-state index in [1.165, 1.54) is 0 Å². The molecule has 0 unspecified atom stereocenters. The molecule has 0 spiro atoms. The molecule has 6 heteroatoms. The van der Waals surface area contributed by atoms with Gasteiger partial charge >= 0.3 is 0 Å². The Labute approximate surface area is 83.4 Å². The van der Waals surface area contributed by atoms with Crippen molar-refractivity contribution in [3.63, 3.8) is 0 Å². The van der Waals surface area contributed by atoms with Crippen LogP contribution in [-0.2, 0) is 4.79 Å². The summed E-state index contributed by atoms with van der Waals surface area (Å²) in [5, 5.41) is 10.1. The molecule has 0 heterocycles. The Morgan fingerprint density at radius 1 is 1.43 bits per heavy atom. The highest BCUT2D eigenvalue weighted by molar-refractivity contribution is 5.89. The van der Waals surface area contributed by atoms with Crippen LogP contribution in [0.2, 0.25) is 0 Å². The zero-order valence-electron chi connectivity index (χ0n) is 8.10. The largest absolute Gasteiger partial charge is 0.355 e. The summed E-state index contributed by atoms with van der Waals surface area (Å²) in [7, 11) is 0. The van der Waals surface area contributed by atoms with Gasteiger partial charge in [-0.1, -0.05) is 6.58 Å². The summed E-state index contributed by atoms with van der Waals surface area (Å²) in [6.45, 7) is 4.58. The van der Waals surface area contributed by atoms with Crippen LogP contribution < -0.4 is 21.9 Å². The highest BCUT2D eigenvalue weighted by Crippen LogP contribution is 1.81. The minimum absolute atomic E-state index is 0.0530. The monoisotopic (exact) mass is 199 g/mol. The molecule has 0 bridgehead atoms. The smallest absolute Gasteiger partial charge is 0.261 e. The first kappa shape index (κ1) is 12.4. The lowest BCUT2D eigenvalue weighted by Crippen LogP contribution is -2.47. The molecule has 1 amide bonds. The van der Waals surface area contributed by atoms with Gasteiger partial charge in [-0.15, -0.1) is 0 Å². The molecule has 0 aromatic rings. The molecule has 0 atom stereocenters. The molecule has 0 aromatic heterocycles. The second-order valence-electron chi connectivity index (χ2n) is 2.62. The second-order valence-corrected chi connectivity index (χ2v) is 2.62. The quantitative estimate of drug-likeness (QED) is 0.130. The van der Waals surface area contributed by atoms with Crippen molar-refractivity contribution in [2.24, 2.45) is 5.73 Å². The van der Waals surface area contributed by atoms with Crippen LogP contribution >= 0.6 is 0 Å². The van der Waals surface area contributed by atoms with Crippen LogP contribution in [0.3, 0.4) is 0 Å². The summed E-state index contributed by atoms with van der Waals surface area (Å²) >= 11 is 0. The van der Waals surface area contributed by atoms with Gasteiger partial charge in [-0.05, 0) is 25.5 Å². The maximum Gasteiger partial charge on any atom is 0.261 e. The van der Waals surface area contributed by atoms with Gasteiger partial charge < -0.3 is 11.1 Å². The predicted octanol–water partition coefficient (Wildman–Crippen LogP) is -0.944. The highest BCUT2D eigenvalue weighted by Gasteiger charge is 1.95. The fourth-order valence-corrected chi connectivity index (χ4v) is 0.702. The van der Waals surface area contributed by atoms with Crippen LogP contribution in [0.1, 0.15) is 12.8 Å². The number of amides is 1. The average molecular weight is 199 g/mol. The number of hydrazine groups is 1. The normalized spacial score (nSPS) is 8.93. The molecule has 0 saturated carbocycles. The molecule has 0 fully saturated rings. The summed E-state index contributed by atoms with van der Waals surface area (Å²) in [6, 6.07) is 0. The molecule has 0 aromatic carbocycles. The molecule has 0 aliphatic rings. The minimum Gasteiger partial charge on any atom is -0.355 e. The lowest BCUT2D eigenvalue weighted by atomic mass is 10.3. The fraction of sp³-hybridized carbons (Fsp3) is 0.500. The number of carbonyl (C=O) groups excluding carboxylic acids is 1. The van der Waals surface area contributed by atoms with E-state index in [9.17, 15) is 4.79 Å². The van der Waals surface area contributed by atoms with Gasteiger partial charge in [-0.2, -0.15) is 0 Å². The van der Waals surface area contributed by atoms with Crippen molar-refractivity contribution in [2.45, 2.75) is 12.8 Å². The summed E-state index contributed by atoms with van der Waals surface area (Å²) in [5.41, 5.74) is 9.93. The molecule has 0 rings (SSSR count). The number of hydrogen-bond acceptors (Lipinski definition) is 3. The van der Waals surface area contributed by atoms with Crippen molar-refractivity contribution in [1.29, 1.82) is 5.41 Å². The van der Waals surface area contributed by atoms with E-state index in [4.69, 9.17) is 11.1 Å². The molecule has 0 aliphatic carbocycles. The van der Waals surface area contributed by atoms with Crippen molar-refractivity contribution < 1.29 is 4.79 Å². The Kier molecular flexibility index (Phi) is 7.16. The first-order valence-electron chi connectivity index (χ1n) is 4.41. The first-order valence-corrected chi connectivity index (χ1v) is 4.41. The van der Waals surface area contributed by atoms with Crippen LogP contribution in [0.5, 0.6) is 0 Å². The number of hydrogen-bond donors (Lipinski definition) is 5. The third-order valence-electron chi connectivity index (χ3n) is 1.43. The molecule has 6 N–H and O–H groups in total. The average Bonchev–Trinajstić information content (AvgIpc) is 2.21. The number of carbonyl (C=O) groups is 1. The zero-order valence-corrected chi connectivity index (χ0v) is 8.10. The Hall–Kier alpha value is -1.56. The maximum atomic E-state index is 10.7. The summed E-state index contributed by atoms with van der Waals surface area (Å²) in [5.74, 6) is -0.323. The van der Waals surface area contributed by atoms with Crippen LogP contribution in [-0.4, -0.2) is 25.0 Å². The molecule has 80 valence electrons. The molecule has 14 heavy (non-hydrogen) atoms. The van der Waals surface area contributed by atoms with Crippen LogP contribution in [0, 0.1) is 5.41 Å². The van der Waals surface area contributed by atoms with Crippen molar-refractivity contribution in [3.05, 3.63) is 12.7 Å². The lowest BCUT2D eigenvalue weighted by Gasteiger charge is -2.09. The van der Waals surface area contributed by atoms with Gasteiger partial charge in [-0.3, -0.25) is 21.1 Å². The van der Waals surface area contributed by atoms with Crippen molar-refractivity contribution in [3.8, 4) is 0 Å². The van der Waals surface area contributed by atoms with E-state index in [-0.39, 0.29) is 11.9 Å². The molecular weight excluding hydrogens is 182 g/mol.